The molecular formula is C15H20BrNO. The van der Waals surface area contributed by atoms with Crippen molar-refractivity contribution in [1.29, 1.82) is 0 Å². The lowest BCUT2D eigenvalue weighted by Gasteiger charge is -2.15. The van der Waals surface area contributed by atoms with Crippen molar-refractivity contribution in [3.8, 4) is 0 Å². The Hall–Kier alpha value is -0.830. The molecule has 1 N–H and O–H groups in total. The molecule has 0 heterocycles. The van der Waals surface area contributed by atoms with Crippen LogP contribution in [0, 0.1) is 12.8 Å². The van der Waals surface area contributed by atoms with Crippen LogP contribution in [-0.4, -0.2) is 5.91 Å². The van der Waals surface area contributed by atoms with Gasteiger partial charge in [0, 0.05) is 16.1 Å². The van der Waals surface area contributed by atoms with Crippen molar-refractivity contribution in [1.82, 2.24) is 0 Å². The second-order valence-electron chi connectivity index (χ2n) is 5.14. The number of hydrogen-bond acceptors (Lipinski definition) is 1. The van der Waals surface area contributed by atoms with Crippen molar-refractivity contribution >= 4 is 27.5 Å². The monoisotopic (exact) mass is 309 g/mol. The summed E-state index contributed by atoms with van der Waals surface area (Å²) in [5.74, 6) is 0.393. The summed E-state index contributed by atoms with van der Waals surface area (Å²) in [4.78, 5) is 12.3. The maximum atomic E-state index is 12.3. The average molecular weight is 310 g/mol. The van der Waals surface area contributed by atoms with Crippen LogP contribution in [0.2, 0.25) is 0 Å². The van der Waals surface area contributed by atoms with E-state index in [2.05, 4.69) is 21.2 Å². The molecule has 1 saturated carbocycles. The molecule has 1 aliphatic rings. The minimum atomic E-state index is 0.193. The largest absolute Gasteiger partial charge is 0.326 e. The molecule has 0 spiro atoms. The van der Waals surface area contributed by atoms with Gasteiger partial charge in [-0.2, -0.15) is 0 Å². The maximum absolute atomic E-state index is 12.3. The van der Waals surface area contributed by atoms with Gasteiger partial charge in [-0.1, -0.05) is 47.7 Å². The molecule has 1 aromatic carbocycles. The maximum Gasteiger partial charge on any atom is 0.227 e. The number of anilines is 1. The molecule has 18 heavy (non-hydrogen) atoms. The molecule has 0 saturated heterocycles. The Balaban J connectivity index is 2.03. The van der Waals surface area contributed by atoms with Crippen LogP contribution in [0.25, 0.3) is 0 Å². The first-order valence-corrected chi connectivity index (χ1v) is 7.53. The van der Waals surface area contributed by atoms with Crippen molar-refractivity contribution in [3.05, 3.63) is 28.2 Å². The second-order valence-corrected chi connectivity index (χ2v) is 6.05. The summed E-state index contributed by atoms with van der Waals surface area (Å²) in [6.07, 6.45) is 7.02. The Morgan fingerprint density at radius 2 is 1.89 bits per heavy atom. The van der Waals surface area contributed by atoms with Crippen LogP contribution in [0.3, 0.4) is 0 Å². The first kappa shape index (κ1) is 13.6. The highest BCUT2D eigenvalue weighted by Crippen LogP contribution is 2.26. The quantitative estimate of drug-likeness (QED) is 0.790. The second kappa shape index (κ2) is 6.37. The van der Waals surface area contributed by atoms with Gasteiger partial charge in [-0.05, 0) is 37.5 Å². The van der Waals surface area contributed by atoms with Crippen LogP contribution in [-0.2, 0) is 4.79 Å². The van der Waals surface area contributed by atoms with E-state index in [4.69, 9.17) is 0 Å². The fraction of sp³-hybridized carbons (Fsp3) is 0.533. The molecule has 0 bridgehead atoms. The molecule has 1 fully saturated rings. The van der Waals surface area contributed by atoms with Crippen LogP contribution < -0.4 is 5.32 Å². The third kappa shape index (κ3) is 3.58. The molecule has 0 radical (unpaired) electrons. The lowest BCUT2D eigenvalue weighted by molar-refractivity contribution is -0.120. The number of benzene rings is 1. The summed E-state index contributed by atoms with van der Waals surface area (Å²) in [5, 5.41) is 3.08. The molecule has 3 heteroatoms. The third-order valence-electron chi connectivity index (χ3n) is 3.68. The highest BCUT2D eigenvalue weighted by Gasteiger charge is 2.20. The van der Waals surface area contributed by atoms with Gasteiger partial charge in [-0.15, -0.1) is 0 Å². The highest BCUT2D eigenvalue weighted by molar-refractivity contribution is 9.10. The van der Waals surface area contributed by atoms with Crippen LogP contribution >= 0.6 is 15.9 Å². The summed E-state index contributed by atoms with van der Waals surface area (Å²) < 4.78 is 1.00. The van der Waals surface area contributed by atoms with E-state index in [0.29, 0.717) is 0 Å². The highest BCUT2D eigenvalue weighted by atomic mass is 79.9. The minimum absolute atomic E-state index is 0.193. The van der Waals surface area contributed by atoms with Gasteiger partial charge in [0.25, 0.3) is 0 Å². The summed E-state index contributed by atoms with van der Waals surface area (Å²) in [5.41, 5.74) is 2.04. The molecule has 1 amide bonds. The number of carbonyl (C=O) groups is 1. The van der Waals surface area contributed by atoms with Crippen molar-refractivity contribution in [2.24, 2.45) is 5.92 Å². The fourth-order valence-electron chi connectivity index (χ4n) is 2.51. The van der Waals surface area contributed by atoms with Gasteiger partial charge in [0.1, 0.15) is 0 Å². The van der Waals surface area contributed by atoms with Gasteiger partial charge >= 0.3 is 0 Å². The van der Waals surface area contributed by atoms with Gasteiger partial charge in [-0.25, -0.2) is 0 Å². The number of rotatable bonds is 2. The SMILES string of the molecule is Cc1ccc(Br)cc1NC(=O)C1CCCCCC1. The molecule has 2 rings (SSSR count). The molecule has 0 unspecified atom stereocenters. The van der Waals surface area contributed by atoms with Crippen molar-refractivity contribution in [3.63, 3.8) is 0 Å². The van der Waals surface area contributed by atoms with E-state index < -0.39 is 0 Å². The molecular weight excluding hydrogens is 290 g/mol. The molecule has 0 aromatic heterocycles. The topological polar surface area (TPSA) is 29.1 Å². The summed E-state index contributed by atoms with van der Waals surface area (Å²) >= 11 is 3.44. The molecule has 0 atom stereocenters. The Labute approximate surface area is 117 Å². The van der Waals surface area contributed by atoms with Crippen LogP contribution in [0.5, 0.6) is 0 Å². The van der Waals surface area contributed by atoms with Crippen LogP contribution in [0.1, 0.15) is 44.1 Å². The standard InChI is InChI=1S/C15H20BrNO/c1-11-8-9-13(16)10-14(11)17-15(18)12-6-4-2-3-5-7-12/h8-10,12H,2-7H2,1H3,(H,17,18). The van der Waals surface area contributed by atoms with Gasteiger partial charge in [0.05, 0.1) is 0 Å². The Kier molecular flexibility index (Phi) is 4.81. The van der Waals surface area contributed by atoms with Gasteiger partial charge in [0.15, 0.2) is 0 Å². The summed E-state index contributed by atoms with van der Waals surface area (Å²) in [6, 6.07) is 5.99. The van der Waals surface area contributed by atoms with Gasteiger partial charge in [-0.3, -0.25) is 4.79 Å². The number of amides is 1. The summed E-state index contributed by atoms with van der Waals surface area (Å²) in [6.45, 7) is 2.02. The zero-order valence-electron chi connectivity index (χ0n) is 10.8. The lowest BCUT2D eigenvalue weighted by atomic mass is 9.99. The van der Waals surface area contributed by atoms with E-state index in [1.165, 1.54) is 25.7 Å². The number of nitrogens with one attached hydrogen (secondary N) is 1. The minimum Gasteiger partial charge on any atom is -0.326 e. The predicted octanol–water partition coefficient (Wildman–Crippen LogP) is 4.67. The molecule has 1 aliphatic carbocycles. The number of hydrogen-bond donors (Lipinski definition) is 1. The molecule has 98 valence electrons. The Morgan fingerprint density at radius 3 is 2.56 bits per heavy atom. The zero-order valence-corrected chi connectivity index (χ0v) is 12.4. The smallest absolute Gasteiger partial charge is 0.227 e. The first-order valence-electron chi connectivity index (χ1n) is 6.74. The molecule has 2 nitrogen and oxygen atoms in total. The van der Waals surface area contributed by atoms with E-state index in [9.17, 15) is 4.79 Å². The normalized spacial score (nSPS) is 17.2. The number of carbonyl (C=O) groups excluding carboxylic acids is 1. The van der Waals surface area contributed by atoms with Gasteiger partial charge in [0.2, 0.25) is 5.91 Å². The predicted molar refractivity (Wildman–Crippen MR) is 78.7 cm³/mol. The number of halogens is 1. The summed E-state index contributed by atoms with van der Waals surface area (Å²) in [7, 11) is 0. The van der Waals surface area contributed by atoms with Crippen molar-refractivity contribution < 1.29 is 4.79 Å². The van der Waals surface area contributed by atoms with E-state index >= 15 is 0 Å². The van der Waals surface area contributed by atoms with E-state index in [0.717, 1.165) is 28.6 Å². The van der Waals surface area contributed by atoms with Crippen LogP contribution in [0.15, 0.2) is 22.7 Å². The Morgan fingerprint density at radius 1 is 1.22 bits per heavy atom. The molecule has 1 aromatic rings. The Bertz CT molecular complexity index is 423. The number of aryl methyl sites for hydroxylation is 1. The lowest BCUT2D eigenvalue weighted by Crippen LogP contribution is -2.22. The first-order chi connectivity index (χ1) is 8.66. The fourth-order valence-corrected chi connectivity index (χ4v) is 2.87. The van der Waals surface area contributed by atoms with E-state index in [1.807, 2.05) is 25.1 Å². The van der Waals surface area contributed by atoms with E-state index in [1.54, 1.807) is 0 Å². The van der Waals surface area contributed by atoms with Crippen molar-refractivity contribution in [2.75, 3.05) is 5.32 Å². The van der Waals surface area contributed by atoms with Gasteiger partial charge < -0.3 is 5.32 Å². The average Bonchev–Trinajstić information content (AvgIpc) is 2.62. The molecule has 0 aliphatic heterocycles. The zero-order chi connectivity index (χ0) is 13.0. The van der Waals surface area contributed by atoms with Crippen molar-refractivity contribution in [2.45, 2.75) is 45.4 Å². The third-order valence-corrected chi connectivity index (χ3v) is 4.18. The van der Waals surface area contributed by atoms with E-state index in [-0.39, 0.29) is 11.8 Å². The van der Waals surface area contributed by atoms with Crippen LogP contribution in [0.4, 0.5) is 5.69 Å².